The summed E-state index contributed by atoms with van der Waals surface area (Å²) in [7, 11) is 0. The Balaban J connectivity index is 1.63. The topological polar surface area (TPSA) is 66.8 Å². The number of piperidine rings is 1. The molecule has 0 bridgehead atoms. The van der Waals surface area contributed by atoms with Crippen LogP contribution in [0.15, 0.2) is 61.1 Å². The van der Waals surface area contributed by atoms with Crippen molar-refractivity contribution in [3.63, 3.8) is 0 Å². The molecule has 0 unspecified atom stereocenters. The molecule has 1 fully saturated rings. The van der Waals surface area contributed by atoms with Gasteiger partial charge in [-0.3, -0.25) is 4.98 Å². The Hall–Kier alpha value is -3.68. The summed E-state index contributed by atoms with van der Waals surface area (Å²) in [4.78, 5) is 20.0. The highest BCUT2D eigenvalue weighted by Crippen LogP contribution is 2.38. The zero-order valence-corrected chi connectivity index (χ0v) is 18.3. The number of pyridine rings is 2. The molecule has 168 valence electrons. The van der Waals surface area contributed by atoms with Crippen molar-refractivity contribution in [2.75, 3.05) is 23.3 Å². The number of hydrogen-bond acceptors (Lipinski definition) is 6. The average Bonchev–Trinajstić information content (AvgIpc) is 2.84. The molecule has 0 saturated carbocycles. The van der Waals surface area contributed by atoms with Crippen LogP contribution < -0.4 is 10.2 Å². The number of anilines is 3. The third-order valence-corrected chi connectivity index (χ3v) is 5.78. The van der Waals surface area contributed by atoms with E-state index in [4.69, 9.17) is 4.98 Å². The molecule has 8 heteroatoms. The summed E-state index contributed by atoms with van der Waals surface area (Å²) in [5.74, 6) is -1.40. The lowest BCUT2D eigenvalue weighted by molar-refractivity contribution is 0.0187. The molecule has 4 aromatic rings. The molecular weight excluding hydrogens is 422 g/mol. The van der Waals surface area contributed by atoms with E-state index in [0.717, 1.165) is 50.5 Å². The van der Waals surface area contributed by atoms with Crippen LogP contribution in [-0.4, -0.2) is 33.0 Å². The molecule has 3 aromatic heterocycles. The van der Waals surface area contributed by atoms with Gasteiger partial charge in [-0.15, -0.1) is 0 Å². The van der Waals surface area contributed by atoms with E-state index >= 15 is 0 Å². The molecule has 0 radical (unpaired) electrons. The number of halogens is 2. The number of benzene rings is 1. The highest BCUT2D eigenvalue weighted by molar-refractivity contribution is 5.94. The van der Waals surface area contributed by atoms with Gasteiger partial charge < -0.3 is 10.2 Å². The average molecular weight is 447 g/mol. The summed E-state index contributed by atoms with van der Waals surface area (Å²) in [5.41, 5.74) is 1.93. The van der Waals surface area contributed by atoms with Crippen molar-refractivity contribution >= 4 is 28.2 Å². The van der Waals surface area contributed by atoms with Crippen molar-refractivity contribution in [1.82, 2.24) is 19.9 Å². The fraction of sp³-hybridized carbons (Fsp3) is 0.280. The minimum absolute atomic E-state index is 0.145. The summed E-state index contributed by atoms with van der Waals surface area (Å²) in [6.07, 6.45) is 7.59. The minimum Gasteiger partial charge on any atom is -0.356 e. The van der Waals surface area contributed by atoms with E-state index in [1.54, 1.807) is 6.20 Å². The molecule has 1 aliphatic heterocycles. The Labute approximate surface area is 190 Å². The van der Waals surface area contributed by atoms with Gasteiger partial charge in [0.05, 0.1) is 22.7 Å². The predicted molar refractivity (Wildman–Crippen MR) is 126 cm³/mol. The van der Waals surface area contributed by atoms with Crippen molar-refractivity contribution < 1.29 is 8.78 Å². The largest absolute Gasteiger partial charge is 0.356 e. The maximum atomic E-state index is 14.5. The lowest BCUT2D eigenvalue weighted by atomic mass is 10.0. The highest BCUT2D eigenvalue weighted by atomic mass is 19.3. The van der Waals surface area contributed by atoms with Gasteiger partial charge in [-0.2, -0.15) is 0 Å². The van der Waals surface area contributed by atoms with Crippen molar-refractivity contribution in [1.29, 1.82) is 0 Å². The number of alkyl halides is 2. The quantitative estimate of drug-likeness (QED) is 0.410. The standard InChI is InChI=1S/C25H24F2N6/c1-25(26,27)19-15-28-16-20-22(19)24(33-12-6-3-7-13-33)32-23(31-20)17-10-11-29-21(14-17)30-18-8-4-2-5-9-18/h2,4-5,8-11,14-16H,3,6-7,12-13H2,1H3,(H,29,30). The van der Waals surface area contributed by atoms with Crippen molar-refractivity contribution in [2.45, 2.75) is 32.1 Å². The highest BCUT2D eigenvalue weighted by Gasteiger charge is 2.31. The van der Waals surface area contributed by atoms with Gasteiger partial charge in [0.15, 0.2) is 5.82 Å². The van der Waals surface area contributed by atoms with E-state index in [9.17, 15) is 8.78 Å². The Morgan fingerprint density at radius 2 is 1.76 bits per heavy atom. The van der Waals surface area contributed by atoms with Crippen LogP contribution in [-0.2, 0) is 5.92 Å². The minimum atomic E-state index is -3.05. The van der Waals surface area contributed by atoms with Crippen molar-refractivity contribution in [2.24, 2.45) is 0 Å². The first kappa shape index (κ1) is 21.2. The summed E-state index contributed by atoms with van der Waals surface area (Å²) in [6.45, 7) is 2.45. The number of rotatable bonds is 5. The number of fused-ring (bicyclic) bond motifs is 1. The zero-order valence-electron chi connectivity index (χ0n) is 18.3. The maximum absolute atomic E-state index is 14.5. The number of nitrogens with one attached hydrogen (secondary N) is 1. The summed E-state index contributed by atoms with van der Waals surface area (Å²) in [6, 6.07) is 13.4. The smallest absolute Gasteiger partial charge is 0.272 e. The zero-order chi connectivity index (χ0) is 22.8. The fourth-order valence-corrected chi connectivity index (χ4v) is 4.17. The number of hydrogen-bond donors (Lipinski definition) is 1. The first-order valence-electron chi connectivity index (χ1n) is 11.1. The van der Waals surface area contributed by atoms with E-state index in [1.165, 1.54) is 12.4 Å². The Kier molecular flexibility index (Phi) is 5.58. The molecule has 1 aliphatic rings. The number of aromatic nitrogens is 4. The number of nitrogens with zero attached hydrogens (tertiary/aromatic N) is 5. The van der Waals surface area contributed by atoms with Gasteiger partial charge in [-0.1, -0.05) is 18.2 Å². The van der Waals surface area contributed by atoms with E-state index in [1.807, 2.05) is 42.5 Å². The van der Waals surface area contributed by atoms with Gasteiger partial charge in [0.2, 0.25) is 0 Å². The second-order valence-corrected chi connectivity index (χ2v) is 8.31. The molecule has 1 saturated heterocycles. The fourth-order valence-electron chi connectivity index (χ4n) is 4.17. The molecule has 0 amide bonds. The van der Waals surface area contributed by atoms with Gasteiger partial charge in [0.1, 0.15) is 11.6 Å². The van der Waals surface area contributed by atoms with Crippen LogP contribution in [0.4, 0.5) is 26.1 Å². The maximum Gasteiger partial charge on any atom is 0.272 e. The summed E-state index contributed by atoms with van der Waals surface area (Å²) in [5, 5.41) is 3.64. The number of para-hydroxylation sites is 1. The van der Waals surface area contributed by atoms with E-state index in [0.29, 0.717) is 28.4 Å². The predicted octanol–water partition coefficient (Wildman–Crippen LogP) is 5.93. The lowest BCUT2D eigenvalue weighted by Gasteiger charge is -2.30. The van der Waals surface area contributed by atoms with Crippen LogP contribution >= 0.6 is 0 Å². The normalized spacial score (nSPS) is 14.5. The Morgan fingerprint density at radius 1 is 0.970 bits per heavy atom. The van der Waals surface area contributed by atoms with E-state index in [2.05, 4.69) is 25.2 Å². The van der Waals surface area contributed by atoms with E-state index < -0.39 is 5.92 Å². The molecular formula is C25H24F2N6. The first-order valence-corrected chi connectivity index (χ1v) is 11.1. The van der Waals surface area contributed by atoms with Crippen molar-refractivity contribution in [3.8, 4) is 11.4 Å². The van der Waals surface area contributed by atoms with E-state index in [-0.39, 0.29) is 5.56 Å². The Morgan fingerprint density at radius 3 is 2.52 bits per heavy atom. The van der Waals surface area contributed by atoms with Crippen molar-refractivity contribution in [3.05, 3.63) is 66.6 Å². The molecule has 6 nitrogen and oxygen atoms in total. The molecule has 5 rings (SSSR count). The van der Waals surface area contributed by atoms with Gasteiger partial charge in [-0.25, -0.2) is 23.7 Å². The monoisotopic (exact) mass is 446 g/mol. The van der Waals surface area contributed by atoms with Gasteiger partial charge in [0.25, 0.3) is 5.92 Å². The molecule has 0 aliphatic carbocycles. The second kappa shape index (κ2) is 8.69. The van der Waals surface area contributed by atoms with Gasteiger partial charge >= 0.3 is 0 Å². The van der Waals surface area contributed by atoms with Crippen LogP contribution in [0.2, 0.25) is 0 Å². The Bertz CT molecular complexity index is 1270. The van der Waals surface area contributed by atoms with Crippen LogP contribution in [0.3, 0.4) is 0 Å². The van der Waals surface area contributed by atoms with Crippen LogP contribution in [0, 0.1) is 0 Å². The molecule has 0 atom stereocenters. The summed E-state index contributed by atoms with van der Waals surface area (Å²) < 4.78 is 29.0. The molecule has 0 spiro atoms. The van der Waals surface area contributed by atoms with Gasteiger partial charge in [0, 0.05) is 43.7 Å². The molecule has 4 heterocycles. The molecule has 1 aromatic carbocycles. The SMILES string of the molecule is CC(F)(F)c1cncc2nc(-c3ccnc(Nc4ccccc4)c3)nc(N3CCCCC3)c12. The first-order chi connectivity index (χ1) is 16.0. The van der Waals surface area contributed by atoms with Crippen LogP contribution in [0.1, 0.15) is 31.7 Å². The van der Waals surface area contributed by atoms with Gasteiger partial charge in [-0.05, 0) is 43.5 Å². The molecule has 33 heavy (non-hydrogen) atoms. The lowest BCUT2D eigenvalue weighted by Crippen LogP contribution is -2.31. The third-order valence-electron chi connectivity index (χ3n) is 5.78. The molecule has 1 N–H and O–H groups in total. The second-order valence-electron chi connectivity index (χ2n) is 8.31. The van der Waals surface area contributed by atoms with Crippen LogP contribution in [0.5, 0.6) is 0 Å². The third kappa shape index (κ3) is 4.46. The summed E-state index contributed by atoms with van der Waals surface area (Å²) >= 11 is 0. The van der Waals surface area contributed by atoms with Crippen LogP contribution in [0.25, 0.3) is 22.3 Å².